The largest absolute Gasteiger partial charge is 0.355 e. The highest BCUT2D eigenvalue weighted by molar-refractivity contribution is 6.29. The Bertz CT molecular complexity index is 362. The van der Waals surface area contributed by atoms with Gasteiger partial charge in [-0.25, -0.2) is 0 Å². The summed E-state index contributed by atoms with van der Waals surface area (Å²) >= 11 is 5.33. The van der Waals surface area contributed by atoms with Crippen LogP contribution in [0.25, 0.3) is 0 Å². The molecule has 0 radical (unpaired) electrons. The number of benzene rings is 1. The Hall–Kier alpha value is -1.55. The topological polar surface area (TPSA) is 58.2 Å². The molecule has 0 aliphatic heterocycles. The van der Waals surface area contributed by atoms with Gasteiger partial charge in [0.05, 0.1) is 0 Å². The Morgan fingerprint density at radius 3 is 2.33 bits per heavy atom. The van der Waals surface area contributed by atoms with E-state index in [9.17, 15) is 9.59 Å². The molecule has 0 aliphatic carbocycles. The van der Waals surface area contributed by atoms with Crippen molar-refractivity contribution in [3.8, 4) is 0 Å². The zero-order chi connectivity index (χ0) is 11.3. The molecule has 4 nitrogen and oxygen atoms in total. The highest BCUT2D eigenvalue weighted by Gasteiger charge is 2.03. The van der Waals surface area contributed by atoms with Gasteiger partial charge >= 0.3 is 0 Å². The number of halogens is 1. The van der Waals surface area contributed by atoms with Crippen LogP contribution in [0.3, 0.4) is 0 Å². The van der Waals surface area contributed by atoms with Crippen LogP contribution >= 0.6 is 11.6 Å². The lowest BCUT2D eigenvalue weighted by molar-refractivity contribution is -0.113. The molecule has 5 heteroatoms. The molecule has 1 rings (SSSR count). The first kappa shape index (κ1) is 11.5. The molecule has 0 fully saturated rings. The van der Waals surface area contributed by atoms with Crippen molar-refractivity contribution < 1.29 is 9.59 Å². The molecular formula is C10H11ClN2O2. The van der Waals surface area contributed by atoms with E-state index in [1.165, 1.54) is 0 Å². The first-order chi connectivity index (χ1) is 7.17. The van der Waals surface area contributed by atoms with Crippen LogP contribution in [0.2, 0.25) is 0 Å². The van der Waals surface area contributed by atoms with Crippen molar-refractivity contribution >= 4 is 29.1 Å². The minimum Gasteiger partial charge on any atom is -0.355 e. The quantitative estimate of drug-likeness (QED) is 0.762. The number of hydrogen-bond donors (Lipinski definition) is 2. The summed E-state index contributed by atoms with van der Waals surface area (Å²) in [5.74, 6) is -0.522. The van der Waals surface area contributed by atoms with Crippen molar-refractivity contribution in [1.82, 2.24) is 5.32 Å². The van der Waals surface area contributed by atoms with Crippen molar-refractivity contribution in [2.75, 3.05) is 18.2 Å². The number of hydrogen-bond acceptors (Lipinski definition) is 2. The number of alkyl halides is 1. The lowest BCUT2D eigenvalue weighted by atomic mass is 10.2. The van der Waals surface area contributed by atoms with Gasteiger partial charge in [0.15, 0.2) is 0 Å². The molecule has 0 bridgehead atoms. The first-order valence-corrected chi connectivity index (χ1v) is 4.88. The van der Waals surface area contributed by atoms with Gasteiger partial charge in [-0.2, -0.15) is 0 Å². The summed E-state index contributed by atoms with van der Waals surface area (Å²) in [6, 6.07) is 6.55. The minimum absolute atomic E-state index is 0.0861. The number of carbonyl (C=O) groups excluding carboxylic acids is 2. The summed E-state index contributed by atoms with van der Waals surface area (Å²) in [5, 5.41) is 5.08. The van der Waals surface area contributed by atoms with E-state index >= 15 is 0 Å². The Kier molecular flexibility index (Phi) is 4.12. The average Bonchev–Trinajstić information content (AvgIpc) is 2.29. The summed E-state index contributed by atoms with van der Waals surface area (Å²) < 4.78 is 0. The van der Waals surface area contributed by atoms with Crippen LogP contribution in [0.5, 0.6) is 0 Å². The molecule has 0 saturated carbocycles. The molecule has 0 spiro atoms. The maximum absolute atomic E-state index is 11.2. The van der Waals surface area contributed by atoms with Gasteiger partial charge in [-0.05, 0) is 24.3 Å². The number of anilines is 1. The van der Waals surface area contributed by atoms with E-state index in [0.29, 0.717) is 11.3 Å². The monoisotopic (exact) mass is 226 g/mol. The molecule has 2 N–H and O–H groups in total. The van der Waals surface area contributed by atoms with Gasteiger partial charge in [0.25, 0.3) is 5.91 Å². The van der Waals surface area contributed by atoms with Crippen molar-refractivity contribution in [2.45, 2.75) is 0 Å². The van der Waals surface area contributed by atoms with E-state index in [4.69, 9.17) is 11.6 Å². The van der Waals surface area contributed by atoms with Crippen LogP contribution in [0.1, 0.15) is 10.4 Å². The van der Waals surface area contributed by atoms with Crippen molar-refractivity contribution in [3.05, 3.63) is 29.8 Å². The van der Waals surface area contributed by atoms with E-state index in [2.05, 4.69) is 10.6 Å². The third-order valence-corrected chi connectivity index (χ3v) is 2.02. The predicted octanol–water partition coefficient (Wildman–Crippen LogP) is 1.22. The normalized spacial score (nSPS) is 9.47. The van der Waals surface area contributed by atoms with Crippen molar-refractivity contribution in [3.63, 3.8) is 0 Å². The fraction of sp³-hybridized carbons (Fsp3) is 0.200. The molecule has 0 aromatic heterocycles. The SMILES string of the molecule is CNC(=O)c1ccc(NC(=O)CCl)cc1. The molecular weight excluding hydrogens is 216 g/mol. The summed E-state index contributed by atoms with van der Waals surface area (Å²) in [6.07, 6.45) is 0. The van der Waals surface area contributed by atoms with E-state index in [1.54, 1.807) is 31.3 Å². The van der Waals surface area contributed by atoms with Gasteiger partial charge in [-0.15, -0.1) is 11.6 Å². The fourth-order valence-electron chi connectivity index (χ4n) is 1.04. The molecule has 0 aliphatic rings. The van der Waals surface area contributed by atoms with Crippen molar-refractivity contribution in [2.24, 2.45) is 0 Å². The maximum atomic E-state index is 11.2. The predicted molar refractivity (Wildman–Crippen MR) is 59.2 cm³/mol. The summed E-state index contributed by atoms with van der Waals surface area (Å²) in [4.78, 5) is 22.1. The van der Waals surface area contributed by atoms with Crippen LogP contribution in [-0.4, -0.2) is 24.7 Å². The van der Waals surface area contributed by atoms with Gasteiger partial charge in [-0.3, -0.25) is 9.59 Å². The Morgan fingerprint density at radius 1 is 1.27 bits per heavy atom. The Labute approximate surface area is 92.6 Å². The number of amides is 2. The second kappa shape index (κ2) is 5.36. The van der Waals surface area contributed by atoms with Crippen LogP contribution in [0.4, 0.5) is 5.69 Å². The molecule has 0 unspecified atom stereocenters. The van der Waals surface area contributed by atoms with E-state index in [0.717, 1.165) is 0 Å². The average molecular weight is 227 g/mol. The molecule has 1 aromatic rings. The second-order valence-electron chi connectivity index (χ2n) is 2.84. The van der Waals surface area contributed by atoms with Crippen LogP contribution in [-0.2, 0) is 4.79 Å². The lowest BCUT2D eigenvalue weighted by Crippen LogP contribution is -2.18. The number of carbonyl (C=O) groups is 2. The summed E-state index contributed by atoms with van der Waals surface area (Å²) in [7, 11) is 1.56. The zero-order valence-corrected chi connectivity index (χ0v) is 8.97. The minimum atomic E-state index is -0.274. The van der Waals surface area contributed by atoms with Crippen LogP contribution in [0.15, 0.2) is 24.3 Å². The summed E-state index contributed by atoms with van der Waals surface area (Å²) in [6.45, 7) is 0. The first-order valence-electron chi connectivity index (χ1n) is 4.35. The molecule has 0 atom stereocenters. The lowest BCUT2D eigenvalue weighted by Gasteiger charge is -2.04. The van der Waals surface area contributed by atoms with E-state index in [1.807, 2.05) is 0 Å². The fourth-order valence-corrected chi connectivity index (χ4v) is 1.11. The van der Waals surface area contributed by atoms with Crippen LogP contribution in [0, 0.1) is 0 Å². The third kappa shape index (κ3) is 3.25. The Morgan fingerprint density at radius 2 is 1.87 bits per heavy atom. The van der Waals surface area contributed by atoms with E-state index in [-0.39, 0.29) is 17.7 Å². The highest BCUT2D eigenvalue weighted by Crippen LogP contribution is 2.09. The van der Waals surface area contributed by atoms with Gasteiger partial charge < -0.3 is 10.6 Å². The standard InChI is InChI=1S/C10H11ClN2O2/c1-12-10(15)7-2-4-8(5-3-7)13-9(14)6-11/h2-5H,6H2,1H3,(H,12,15)(H,13,14). The molecule has 0 saturated heterocycles. The molecule has 15 heavy (non-hydrogen) atoms. The van der Waals surface area contributed by atoms with Crippen molar-refractivity contribution in [1.29, 1.82) is 0 Å². The maximum Gasteiger partial charge on any atom is 0.251 e. The Balaban J connectivity index is 2.72. The number of nitrogens with one attached hydrogen (secondary N) is 2. The van der Waals surface area contributed by atoms with Gasteiger partial charge in [0.2, 0.25) is 5.91 Å². The molecule has 1 aromatic carbocycles. The third-order valence-electron chi connectivity index (χ3n) is 1.78. The van der Waals surface area contributed by atoms with Crippen LogP contribution < -0.4 is 10.6 Å². The van der Waals surface area contributed by atoms with Gasteiger partial charge in [-0.1, -0.05) is 0 Å². The molecule has 2 amide bonds. The zero-order valence-electron chi connectivity index (χ0n) is 8.21. The molecule has 80 valence electrons. The smallest absolute Gasteiger partial charge is 0.251 e. The summed E-state index contributed by atoms with van der Waals surface area (Å²) in [5.41, 5.74) is 1.16. The van der Waals surface area contributed by atoms with Gasteiger partial charge in [0, 0.05) is 18.3 Å². The van der Waals surface area contributed by atoms with Gasteiger partial charge in [0.1, 0.15) is 5.88 Å². The van der Waals surface area contributed by atoms with E-state index < -0.39 is 0 Å². The number of rotatable bonds is 3. The molecule has 0 heterocycles. The highest BCUT2D eigenvalue weighted by atomic mass is 35.5. The second-order valence-corrected chi connectivity index (χ2v) is 3.11.